The second kappa shape index (κ2) is 7.27. The van der Waals surface area contributed by atoms with E-state index in [2.05, 4.69) is 17.6 Å². The number of carbonyl (C=O) groups excluding carboxylic acids is 2. The molecule has 1 saturated carbocycles. The Balaban J connectivity index is 2.05. The van der Waals surface area contributed by atoms with Crippen LogP contribution >= 0.6 is 0 Å². The Bertz CT molecular complexity index is 268. The molecule has 5 heteroatoms. The van der Waals surface area contributed by atoms with Crippen LogP contribution in [0.4, 0.5) is 0 Å². The minimum Gasteiger partial charge on any atom is -0.387 e. The Morgan fingerprint density at radius 3 is 2.71 bits per heavy atom. The van der Waals surface area contributed by atoms with E-state index in [1.165, 1.54) is 0 Å². The molecule has 98 valence electrons. The van der Waals surface area contributed by atoms with Crippen LogP contribution in [0, 0.1) is 11.8 Å². The lowest BCUT2D eigenvalue weighted by Gasteiger charge is -2.04. The minimum atomic E-state index is -0.486. The standard InChI is InChI=1S/C12H22N2O3/c1-2-3-4-5-13-12(17)10-6-9(10)7-14-11(16)8-15/h9-10,15H,2-8H2,1H3,(H,13,17)(H,14,16). The van der Waals surface area contributed by atoms with Gasteiger partial charge < -0.3 is 15.7 Å². The van der Waals surface area contributed by atoms with Gasteiger partial charge in [0, 0.05) is 19.0 Å². The maximum atomic E-state index is 11.6. The SMILES string of the molecule is CCCCCNC(=O)C1CC1CNC(=O)CO. The molecule has 3 N–H and O–H groups in total. The number of aliphatic hydroxyl groups is 1. The third-order valence-electron chi connectivity index (χ3n) is 3.04. The lowest BCUT2D eigenvalue weighted by molar-refractivity contribution is -0.125. The summed E-state index contributed by atoms with van der Waals surface area (Å²) in [6, 6.07) is 0. The van der Waals surface area contributed by atoms with Gasteiger partial charge in [0.25, 0.3) is 0 Å². The number of rotatable bonds is 8. The smallest absolute Gasteiger partial charge is 0.245 e. The van der Waals surface area contributed by atoms with Crippen molar-refractivity contribution in [2.75, 3.05) is 19.7 Å². The van der Waals surface area contributed by atoms with E-state index >= 15 is 0 Å². The highest BCUT2D eigenvalue weighted by Gasteiger charge is 2.42. The van der Waals surface area contributed by atoms with Crippen LogP contribution in [0.15, 0.2) is 0 Å². The number of carbonyl (C=O) groups is 2. The molecule has 1 fully saturated rings. The van der Waals surface area contributed by atoms with Gasteiger partial charge in [-0.25, -0.2) is 0 Å². The van der Waals surface area contributed by atoms with Gasteiger partial charge in [0.2, 0.25) is 11.8 Å². The maximum absolute atomic E-state index is 11.6. The molecular formula is C12H22N2O3. The quantitative estimate of drug-likeness (QED) is 0.526. The summed E-state index contributed by atoms with van der Waals surface area (Å²) in [6.45, 7) is 2.88. The van der Waals surface area contributed by atoms with Gasteiger partial charge in [0.05, 0.1) is 0 Å². The first-order valence-electron chi connectivity index (χ1n) is 6.34. The van der Waals surface area contributed by atoms with E-state index in [4.69, 9.17) is 5.11 Å². The van der Waals surface area contributed by atoms with Crippen LogP contribution in [0.5, 0.6) is 0 Å². The molecule has 2 atom stereocenters. The first-order valence-corrected chi connectivity index (χ1v) is 6.34. The number of nitrogens with one attached hydrogen (secondary N) is 2. The Morgan fingerprint density at radius 1 is 1.29 bits per heavy atom. The largest absolute Gasteiger partial charge is 0.387 e. The van der Waals surface area contributed by atoms with E-state index in [1.54, 1.807) is 0 Å². The number of aliphatic hydroxyl groups excluding tert-OH is 1. The van der Waals surface area contributed by atoms with Crippen LogP contribution in [-0.4, -0.2) is 36.6 Å². The average Bonchev–Trinajstić information content (AvgIpc) is 3.11. The summed E-state index contributed by atoms with van der Waals surface area (Å²) in [4.78, 5) is 22.4. The number of amides is 2. The van der Waals surface area contributed by atoms with Crippen molar-refractivity contribution in [3.63, 3.8) is 0 Å². The fourth-order valence-electron chi connectivity index (χ4n) is 1.81. The highest BCUT2D eigenvalue weighted by molar-refractivity contribution is 5.82. The summed E-state index contributed by atoms with van der Waals surface area (Å²) in [7, 11) is 0. The summed E-state index contributed by atoms with van der Waals surface area (Å²) in [5.41, 5.74) is 0. The predicted octanol–water partition coefficient (Wildman–Crippen LogP) is 0.0374. The minimum absolute atomic E-state index is 0.0515. The summed E-state index contributed by atoms with van der Waals surface area (Å²) in [5.74, 6) is 0.0237. The number of unbranched alkanes of at least 4 members (excludes halogenated alkanes) is 2. The first kappa shape index (κ1) is 14.0. The summed E-state index contributed by atoms with van der Waals surface area (Å²) < 4.78 is 0. The van der Waals surface area contributed by atoms with Crippen molar-refractivity contribution < 1.29 is 14.7 Å². The molecule has 0 saturated heterocycles. The van der Waals surface area contributed by atoms with Crippen LogP contribution in [0.25, 0.3) is 0 Å². The molecule has 0 heterocycles. The highest BCUT2D eigenvalue weighted by atomic mass is 16.3. The average molecular weight is 242 g/mol. The van der Waals surface area contributed by atoms with Gasteiger partial charge in [-0.3, -0.25) is 9.59 Å². The summed E-state index contributed by atoms with van der Waals surface area (Å²) in [5, 5.41) is 14.0. The van der Waals surface area contributed by atoms with Crippen molar-refractivity contribution in [3.8, 4) is 0 Å². The van der Waals surface area contributed by atoms with Crippen LogP contribution in [0.1, 0.15) is 32.6 Å². The number of hydrogen-bond donors (Lipinski definition) is 3. The van der Waals surface area contributed by atoms with Crippen molar-refractivity contribution in [2.24, 2.45) is 11.8 Å². The lowest BCUT2D eigenvalue weighted by Crippen LogP contribution is -2.31. The number of hydrogen-bond acceptors (Lipinski definition) is 3. The topological polar surface area (TPSA) is 78.4 Å². The van der Waals surface area contributed by atoms with Crippen LogP contribution < -0.4 is 10.6 Å². The van der Waals surface area contributed by atoms with E-state index in [0.717, 1.165) is 32.2 Å². The Labute approximate surface area is 102 Å². The van der Waals surface area contributed by atoms with E-state index in [1.807, 2.05) is 0 Å². The zero-order valence-corrected chi connectivity index (χ0v) is 10.4. The van der Waals surface area contributed by atoms with Crippen LogP contribution in [0.2, 0.25) is 0 Å². The Morgan fingerprint density at radius 2 is 2.06 bits per heavy atom. The van der Waals surface area contributed by atoms with Gasteiger partial charge in [0.15, 0.2) is 0 Å². The fourth-order valence-corrected chi connectivity index (χ4v) is 1.81. The van der Waals surface area contributed by atoms with Gasteiger partial charge in [-0.05, 0) is 18.8 Å². The van der Waals surface area contributed by atoms with E-state index in [-0.39, 0.29) is 23.7 Å². The van der Waals surface area contributed by atoms with Crippen molar-refractivity contribution in [2.45, 2.75) is 32.6 Å². The van der Waals surface area contributed by atoms with Gasteiger partial charge in [-0.2, -0.15) is 0 Å². The molecule has 17 heavy (non-hydrogen) atoms. The molecule has 0 aliphatic heterocycles. The van der Waals surface area contributed by atoms with E-state index < -0.39 is 6.61 Å². The summed E-state index contributed by atoms with van der Waals surface area (Å²) >= 11 is 0. The zero-order valence-electron chi connectivity index (χ0n) is 10.4. The molecule has 0 aromatic heterocycles. The molecule has 2 amide bonds. The van der Waals surface area contributed by atoms with Gasteiger partial charge >= 0.3 is 0 Å². The molecule has 0 aromatic rings. The van der Waals surface area contributed by atoms with Gasteiger partial charge in [-0.15, -0.1) is 0 Å². The predicted molar refractivity (Wildman–Crippen MR) is 64.2 cm³/mol. The molecule has 0 bridgehead atoms. The molecular weight excluding hydrogens is 220 g/mol. The Hall–Kier alpha value is -1.10. The maximum Gasteiger partial charge on any atom is 0.245 e. The molecule has 5 nitrogen and oxygen atoms in total. The van der Waals surface area contributed by atoms with Gasteiger partial charge in [-0.1, -0.05) is 19.8 Å². The van der Waals surface area contributed by atoms with Crippen LogP contribution in [-0.2, 0) is 9.59 Å². The molecule has 1 aliphatic rings. The monoisotopic (exact) mass is 242 g/mol. The van der Waals surface area contributed by atoms with Crippen molar-refractivity contribution >= 4 is 11.8 Å². The van der Waals surface area contributed by atoms with E-state index in [9.17, 15) is 9.59 Å². The van der Waals surface area contributed by atoms with Crippen molar-refractivity contribution in [3.05, 3.63) is 0 Å². The third-order valence-corrected chi connectivity index (χ3v) is 3.04. The summed E-state index contributed by atoms with van der Waals surface area (Å²) in [6.07, 6.45) is 4.16. The molecule has 1 aliphatic carbocycles. The van der Waals surface area contributed by atoms with Gasteiger partial charge in [0.1, 0.15) is 6.61 Å². The third kappa shape index (κ3) is 5.17. The normalized spacial score (nSPS) is 22.0. The van der Waals surface area contributed by atoms with Crippen LogP contribution in [0.3, 0.4) is 0 Å². The zero-order chi connectivity index (χ0) is 12.7. The second-order valence-corrected chi connectivity index (χ2v) is 4.56. The lowest BCUT2D eigenvalue weighted by atomic mass is 10.2. The van der Waals surface area contributed by atoms with Crippen molar-refractivity contribution in [1.29, 1.82) is 0 Å². The molecule has 0 spiro atoms. The highest BCUT2D eigenvalue weighted by Crippen LogP contribution is 2.37. The van der Waals surface area contributed by atoms with E-state index in [0.29, 0.717) is 6.54 Å². The molecule has 2 unspecified atom stereocenters. The second-order valence-electron chi connectivity index (χ2n) is 4.56. The molecule has 1 rings (SSSR count). The molecule has 0 radical (unpaired) electrons. The fraction of sp³-hybridized carbons (Fsp3) is 0.833. The Kier molecular flexibility index (Phi) is 5.97. The first-order chi connectivity index (χ1) is 8.19. The van der Waals surface area contributed by atoms with Crippen molar-refractivity contribution in [1.82, 2.24) is 10.6 Å². The molecule has 0 aromatic carbocycles.